The van der Waals surface area contributed by atoms with Gasteiger partial charge in [-0.1, -0.05) is 223 Å². The number of aliphatic carboxylic acids is 2. The Bertz CT molecular complexity index is 932. The summed E-state index contributed by atoms with van der Waals surface area (Å²) in [5, 5.41) is 65.2. The average Bonchev–Trinajstić information content (AvgIpc) is 3.24. The Kier molecular flexibility index (Phi) is 205. The minimum atomic E-state index is -0.833. The van der Waals surface area contributed by atoms with E-state index < -0.39 is 31.6 Å². The molecular formula is C47H92N4O14. The van der Waals surface area contributed by atoms with Gasteiger partial charge in [-0.25, -0.2) is 0 Å². The zero-order valence-electron chi connectivity index (χ0n) is 39.9. The zero-order valence-corrected chi connectivity index (χ0v) is 39.9. The maximum absolute atomic E-state index is 9.00. The van der Waals surface area contributed by atoms with Gasteiger partial charge in [0.05, 0.1) is 0 Å². The van der Waals surface area contributed by atoms with Gasteiger partial charge in [-0.05, 0) is 13.8 Å². The Morgan fingerprint density at radius 1 is 0.338 bits per heavy atom. The lowest BCUT2D eigenvalue weighted by atomic mass is 10.4. The van der Waals surface area contributed by atoms with Gasteiger partial charge in [0.25, 0.3) is 11.9 Å². The van der Waals surface area contributed by atoms with E-state index >= 15 is 0 Å². The maximum Gasteiger partial charge on any atom is 0.300 e. The molecule has 0 aliphatic rings. The fourth-order valence-electron chi connectivity index (χ4n) is 1.54. The lowest BCUT2D eigenvalue weighted by Gasteiger charge is -1.69. The summed E-state index contributed by atoms with van der Waals surface area (Å²) in [6.07, 6.45) is 0. The van der Waals surface area contributed by atoms with Crippen molar-refractivity contribution in [1.82, 2.24) is 0 Å². The molecule has 4 aromatic rings. The topological polar surface area (TPSA) is 288 Å². The first kappa shape index (κ1) is 102. The van der Waals surface area contributed by atoms with Crippen LogP contribution in [0.3, 0.4) is 0 Å². The molecule has 0 fully saturated rings. The van der Waals surface area contributed by atoms with E-state index in [1.807, 2.05) is 201 Å². The summed E-state index contributed by atoms with van der Waals surface area (Å²) in [7, 11) is 3.56. The minimum Gasteiger partial charge on any atom is -0.481 e. The van der Waals surface area contributed by atoms with Crippen LogP contribution in [0.25, 0.3) is 0 Å². The number of benzene rings is 4. The van der Waals surface area contributed by atoms with E-state index in [0.29, 0.717) is 0 Å². The molecule has 18 heteroatoms. The number of nitro groups is 4. The Morgan fingerprint density at radius 2 is 0.354 bits per heavy atom. The molecule has 0 radical (unpaired) electrons. The van der Waals surface area contributed by atoms with Crippen molar-refractivity contribution in [2.75, 3.05) is 41.4 Å². The quantitative estimate of drug-likeness (QED) is 0.0942. The number of carbonyl (C=O) groups is 2. The molecular weight excluding hydrogens is 845 g/mol. The Balaban J connectivity index is -0.0000000319. The van der Waals surface area contributed by atoms with E-state index in [-0.39, 0.29) is 35.5 Å². The summed E-state index contributed by atoms with van der Waals surface area (Å²) in [6.45, 7) is 22.0. The van der Waals surface area contributed by atoms with E-state index in [0.717, 1.165) is 42.0 Å². The zero-order chi connectivity index (χ0) is 51.8. The van der Waals surface area contributed by atoms with Crippen LogP contribution in [0, 0.1) is 40.5 Å². The van der Waals surface area contributed by atoms with Crippen LogP contribution in [-0.4, -0.2) is 93.5 Å². The van der Waals surface area contributed by atoms with Crippen molar-refractivity contribution in [2.45, 2.75) is 105 Å². The second kappa shape index (κ2) is 131. The highest BCUT2D eigenvalue weighted by Gasteiger charge is 1.66. The van der Waals surface area contributed by atoms with Crippen molar-refractivity contribution in [2.24, 2.45) is 0 Å². The van der Waals surface area contributed by atoms with Crippen LogP contribution in [0.1, 0.15) is 105 Å². The van der Waals surface area contributed by atoms with E-state index in [2.05, 4.69) is 0 Å². The lowest BCUT2D eigenvalue weighted by molar-refractivity contribution is -0.445. The van der Waals surface area contributed by atoms with E-state index in [4.69, 9.17) is 70.5 Å². The van der Waals surface area contributed by atoms with Gasteiger partial charge in [0, 0.05) is 46.8 Å². The fourth-order valence-corrected chi connectivity index (χ4v) is 1.54. The number of nitrogens with zero attached hydrogens (tertiary/aromatic N) is 4. The average molecular weight is 937 g/mol. The van der Waals surface area contributed by atoms with E-state index in [1.54, 1.807) is 13.8 Å². The van der Waals surface area contributed by atoms with Gasteiger partial charge in [0.1, 0.15) is 0 Å². The Labute approximate surface area is 393 Å². The smallest absolute Gasteiger partial charge is 0.300 e. The van der Waals surface area contributed by atoms with Crippen molar-refractivity contribution in [3.63, 3.8) is 0 Å². The molecule has 4 rings (SSSR count). The number of hydrogen-bond acceptors (Lipinski definition) is 12. The number of carboxylic acid groups (broad SMARTS) is 2. The number of aliphatic hydroxyl groups excluding tert-OH is 2. The molecule has 4 aromatic carbocycles. The summed E-state index contributed by atoms with van der Waals surface area (Å²) in [4.78, 5) is 51.2. The summed E-state index contributed by atoms with van der Waals surface area (Å²) in [6, 6.07) is 48.0. The second-order valence-electron chi connectivity index (χ2n) is 8.05. The molecule has 0 aliphatic carbocycles. The van der Waals surface area contributed by atoms with Crippen molar-refractivity contribution < 1.29 is 49.7 Å². The van der Waals surface area contributed by atoms with Gasteiger partial charge in [-0.3, -0.25) is 50.0 Å². The molecule has 0 heterocycles. The molecule has 0 unspecified atom stereocenters. The van der Waals surface area contributed by atoms with E-state index in [1.165, 1.54) is 0 Å². The molecule has 0 aliphatic heterocycles. The summed E-state index contributed by atoms with van der Waals surface area (Å²) < 4.78 is 0. The molecule has 384 valence electrons. The number of hydrogen-bond donors (Lipinski definition) is 4. The molecule has 0 saturated carbocycles. The fraction of sp³-hybridized carbons (Fsp3) is 0.447. The van der Waals surface area contributed by atoms with Crippen LogP contribution in [0.15, 0.2) is 146 Å². The SMILES string of the molecule is C.C.C.CC.CC.CC.CC.CC(=O)O.CC(=O)O.CCO.CCO.C[N+](=O)[O-].C[N+](=O)[O-].C[N+](=O)[O-].C[N+](=O)[O-].c1ccccc1.c1ccccc1.c1ccccc1.c1ccccc1. The highest BCUT2D eigenvalue weighted by molar-refractivity contribution is 5.63. The van der Waals surface area contributed by atoms with Crippen LogP contribution in [0.5, 0.6) is 0 Å². The number of aliphatic hydroxyl groups is 2. The standard InChI is InChI=1S/4C6H6.2C2H4O2.2C2H6O.4C2H6.4CH3NO2.3CH4/c4*1-2-4-6-5-3-1;2*1-2(3)4;2*1-2-3;4*1-2;4*1-2(3)4;;;/h4*1-6H;2*1H3,(H,3,4);2*3H,2H2,1H3;4*1-2H3;4*1H3;3*1H4. The third kappa shape index (κ3) is 584. The Morgan fingerprint density at radius 3 is 0.369 bits per heavy atom. The lowest BCUT2D eigenvalue weighted by Crippen LogP contribution is -1.79. The molecule has 18 nitrogen and oxygen atoms in total. The summed E-state index contributed by atoms with van der Waals surface area (Å²) in [5.41, 5.74) is 0. The minimum absolute atomic E-state index is 0. The van der Waals surface area contributed by atoms with Crippen LogP contribution in [0.2, 0.25) is 0 Å². The first-order valence-electron chi connectivity index (χ1n) is 19.2. The van der Waals surface area contributed by atoms with Gasteiger partial charge < -0.3 is 20.4 Å². The predicted octanol–water partition coefficient (Wildman–Crippen LogP) is 12.5. The molecule has 0 aromatic heterocycles. The molecule has 0 saturated heterocycles. The van der Waals surface area contributed by atoms with Crippen LogP contribution >= 0.6 is 0 Å². The van der Waals surface area contributed by atoms with Crippen molar-refractivity contribution >= 4 is 11.9 Å². The highest BCUT2D eigenvalue weighted by Crippen LogP contribution is 1.81. The molecule has 0 bridgehead atoms. The normalized spacial score (nSPS) is 6.18. The number of rotatable bonds is 0. The largest absolute Gasteiger partial charge is 0.481 e. The van der Waals surface area contributed by atoms with Gasteiger partial charge >= 0.3 is 0 Å². The van der Waals surface area contributed by atoms with Crippen molar-refractivity contribution in [1.29, 1.82) is 0 Å². The third-order valence-corrected chi connectivity index (χ3v) is 2.67. The highest BCUT2D eigenvalue weighted by atomic mass is 16.6. The van der Waals surface area contributed by atoms with Crippen LogP contribution < -0.4 is 0 Å². The molecule has 0 atom stereocenters. The van der Waals surface area contributed by atoms with Gasteiger partial charge in [-0.15, -0.1) is 0 Å². The molecule has 4 N–H and O–H groups in total. The molecule has 0 spiro atoms. The third-order valence-electron chi connectivity index (χ3n) is 2.67. The predicted molar refractivity (Wildman–Crippen MR) is 275 cm³/mol. The van der Waals surface area contributed by atoms with E-state index in [9.17, 15) is 0 Å². The monoisotopic (exact) mass is 937 g/mol. The molecule has 0 amide bonds. The van der Waals surface area contributed by atoms with Crippen LogP contribution in [-0.2, 0) is 9.59 Å². The first-order chi connectivity index (χ1) is 29.2. The molecule has 65 heavy (non-hydrogen) atoms. The van der Waals surface area contributed by atoms with Gasteiger partial charge in [0.2, 0.25) is 0 Å². The second-order valence-corrected chi connectivity index (χ2v) is 8.05. The summed E-state index contributed by atoms with van der Waals surface area (Å²) >= 11 is 0. The van der Waals surface area contributed by atoms with Gasteiger partial charge in [-0.2, -0.15) is 0 Å². The van der Waals surface area contributed by atoms with Crippen LogP contribution in [0.4, 0.5) is 0 Å². The first-order valence-corrected chi connectivity index (χ1v) is 19.2. The Hall–Kier alpha value is -6.66. The van der Waals surface area contributed by atoms with Gasteiger partial charge in [0.15, 0.2) is 28.2 Å². The maximum atomic E-state index is 9.00. The van der Waals surface area contributed by atoms with Crippen molar-refractivity contribution in [3.8, 4) is 0 Å². The van der Waals surface area contributed by atoms with Crippen molar-refractivity contribution in [3.05, 3.63) is 186 Å². The number of carboxylic acids is 2. The summed E-state index contributed by atoms with van der Waals surface area (Å²) in [5.74, 6) is -1.67.